The Kier molecular flexibility index (Phi) is 5.25. The second-order valence-corrected chi connectivity index (χ2v) is 5.87. The van der Waals surface area contributed by atoms with E-state index in [9.17, 15) is 4.79 Å². The number of allylic oxidation sites excluding steroid dienone is 1. The first-order valence-electron chi connectivity index (χ1n) is 8.22. The van der Waals surface area contributed by atoms with E-state index in [4.69, 9.17) is 5.73 Å². The zero-order chi connectivity index (χ0) is 17.6. The van der Waals surface area contributed by atoms with Crippen molar-refractivity contribution in [1.29, 1.82) is 0 Å². The Balaban J connectivity index is 1.62. The monoisotopic (exact) mass is 338 g/mol. The number of H-pyrrole nitrogens is 1. The fourth-order valence-corrected chi connectivity index (χ4v) is 2.81. The number of hydrogen-bond donors (Lipinski definition) is 2. The van der Waals surface area contributed by atoms with E-state index in [2.05, 4.69) is 31.3 Å². The summed E-state index contributed by atoms with van der Waals surface area (Å²) >= 11 is 0. The molecule has 25 heavy (non-hydrogen) atoms. The summed E-state index contributed by atoms with van der Waals surface area (Å²) in [5, 5.41) is 0. The number of nitrogens with one attached hydrogen (secondary N) is 1. The number of nitrogens with two attached hydrogens (primary N) is 1. The van der Waals surface area contributed by atoms with Crippen LogP contribution in [0.5, 0.6) is 0 Å². The van der Waals surface area contributed by atoms with E-state index < -0.39 is 0 Å². The molecule has 0 spiro atoms. The molecule has 1 aliphatic rings. The summed E-state index contributed by atoms with van der Waals surface area (Å²) in [5.74, 6) is 0.722. The predicted octanol–water partition coefficient (Wildman–Crippen LogP) is 1.06. The van der Waals surface area contributed by atoms with Gasteiger partial charge >= 0.3 is 0 Å². The zero-order valence-electron chi connectivity index (χ0n) is 14.1. The van der Waals surface area contributed by atoms with Crippen LogP contribution in [0, 0.1) is 0 Å². The van der Waals surface area contributed by atoms with Crippen molar-refractivity contribution in [1.82, 2.24) is 19.8 Å². The molecule has 0 atom stereocenters. The SMILES string of the molecule is C=C(/N=C\C=C/N)N1CCN(Cc2nc3ccccc3[nH]c2=O)CC1. The summed E-state index contributed by atoms with van der Waals surface area (Å²) in [5.41, 5.74) is 7.28. The molecule has 1 saturated heterocycles. The van der Waals surface area contributed by atoms with Crippen molar-refractivity contribution >= 4 is 17.2 Å². The lowest BCUT2D eigenvalue weighted by Crippen LogP contribution is -2.45. The van der Waals surface area contributed by atoms with Crippen molar-refractivity contribution in [3.63, 3.8) is 0 Å². The molecule has 3 N–H and O–H groups in total. The van der Waals surface area contributed by atoms with Gasteiger partial charge in [0.2, 0.25) is 0 Å². The largest absolute Gasteiger partial charge is 0.405 e. The van der Waals surface area contributed by atoms with Gasteiger partial charge in [0.1, 0.15) is 11.5 Å². The number of fused-ring (bicyclic) bond motifs is 1. The van der Waals surface area contributed by atoms with Gasteiger partial charge in [-0.05, 0) is 24.4 Å². The lowest BCUT2D eigenvalue weighted by Gasteiger charge is -2.35. The van der Waals surface area contributed by atoms with Crippen LogP contribution < -0.4 is 11.3 Å². The van der Waals surface area contributed by atoms with Gasteiger partial charge in [0.15, 0.2) is 0 Å². The molecular weight excluding hydrogens is 316 g/mol. The van der Waals surface area contributed by atoms with Gasteiger partial charge in [0, 0.05) is 38.9 Å². The molecule has 1 aliphatic heterocycles. The van der Waals surface area contributed by atoms with Gasteiger partial charge in [-0.2, -0.15) is 0 Å². The molecule has 7 nitrogen and oxygen atoms in total. The maximum Gasteiger partial charge on any atom is 0.271 e. The molecule has 0 radical (unpaired) electrons. The Morgan fingerprint density at radius 1 is 1.32 bits per heavy atom. The predicted molar refractivity (Wildman–Crippen MR) is 100 cm³/mol. The van der Waals surface area contributed by atoms with Crippen LogP contribution in [-0.4, -0.2) is 52.2 Å². The van der Waals surface area contributed by atoms with E-state index in [1.54, 1.807) is 12.3 Å². The van der Waals surface area contributed by atoms with E-state index >= 15 is 0 Å². The van der Waals surface area contributed by atoms with Crippen molar-refractivity contribution in [2.45, 2.75) is 6.54 Å². The molecule has 7 heteroatoms. The lowest BCUT2D eigenvalue weighted by molar-refractivity contribution is 0.151. The van der Waals surface area contributed by atoms with Crippen LogP contribution in [0.3, 0.4) is 0 Å². The molecule has 0 saturated carbocycles. The maximum atomic E-state index is 12.2. The van der Waals surface area contributed by atoms with E-state index in [0.717, 1.165) is 43.0 Å². The first-order chi connectivity index (χ1) is 12.2. The average molecular weight is 338 g/mol. The van der Waals surface area contributed by atoms with Gasteiger partial charge in [-0.15, -0.1) is 0 Å². The normalized spacial score (nSPS) is 16.2. The molecule has 0 aliphatic carbocycles. The molecular formula is C18H22N6O. The van der Waals surface area contributed by atoms with E-state index in [1.807, 2.05) is 24.3 Å². The number of hydrogen-bond acceptors (Lipinski definition) is 6. The molecule has 1 aromatic heterocycles. The lowest BCUT2D eigenvalue weighted by atomic mass is 10.2. The highest BCUT2D eigenvalue weighted by Gasteiger charge is 2.19. The third kappa shape index (κ3) is 4.13. The quantitative estimate of drug-likeness (QED) is 0.796. The van der Waals surface area contributed by atoms with E-state index in [1.165, 1.54) is 6.20 Å². The molecule has 0 amide bonds. The topological polar surface area (TPSA) is 90.6 Å². The van der Waals surface area contributed by atoms with Crippen molar-refractivity contribution in [2.24, 2.45) is 10.7 Å². The van der Waals surface area contributed by atoms with E-state index in [-0.39, 0.29) is 5.56 Å². The highest BCUT2D eigenvalue weighted by Crippen LogP contribution is 2.11. The fraction of sp³-hybridized carbons (Fsp3) is 0.278. The summed E-state index contributed by atoms with van der Waals surface area (Å²) in [7, 11) is 0. The van der Waals surface area contributed by atoms with Crippen LogP contribution in [0.2, 0.25) is 0 Å². The third-order valence-electron chi connectivity index (χ3n) is 4.20. The molecule has 130 valence electrons. The average Bonchev–Trinajstić information content (AvgIpc) is 2.63. The van der Waals surface area contributed by atoms with Crippen molar-refractivity contribution in [3.05, 3.63) is 65.0 Å². The number of piperazine rings is 1. The van der Waals surface area contributed by atoms with Crippen LogP contribution in [-0.2, 0) is 6.54 Å². The summed E-state index contributed by atoms with van der Waals surface area (Å²) in [6, 6.07) is 7.57. The van der Waals surface area contributed by atoms with Crippen molar-refractivity contribution in [2.75, 3.05) is 26.2 Å². The first-order valence-corrected chi connectivity index (χ1v) is 8.22. The van der Waals surface area contributed by atoms with Crippen LogP contribution in [0.25, 0.3) is 11.0 Å². The molecule has 2 aromatic rings. The van der Waals surface area contributed by atoms with Crippen molar-refractivity contribution < 1.29 is 0 Å². The minimum atomic E-state index is -0.122. The first kappa shape index (κ1) is 16.9. The fourth-order valence-electron chi connectivity index (χ4n) is 2.81. The Labute approximate surface area is 146 Å². The molecule has 1 aromatic carbocycles. The smallest absolute Gasteiger partial charge is 0.271 e. The standard InChI is InChI=1S/C18H22N6O/c1-14(20-8-4-7-19)24-11-9-23(10-12-24)13-17-18(25)22-16-6-3-2-5-15(16)21-17/h2-8H,1,9-13,19H2,(H,22,25)/b7-4-,20-8-. The number of benzene rings is 1. The minimum Gasteiger partial charge on any atom is -0.405 e. The number of para-hydroxylation sites is 2. The van der Waals surface area contributed by atoms with Crippen LogP contribution >= 0.6 is 0 Å². The second-order valence-electron chi connectivity index (χ2n) is 5.87. The van der Waals surface area contributed by atoms with Gasteiger partial charge in [-0.3, -0.25) is 9.69 Å². The number of nitrogens with zero attached hydrogens (tertiary/aromatic N) is 4. The highest BCUT2D eigenvalue weighted by molar-refractivity contribution is 5.73. The highest BCUT2D eigenvalue weighted by atomic mass is 16.1. The summed E-state index contributed by atoms with van der Waals surface area (Å²) in [6.45, 7) is 7.80. The van der Waals surface area contributed by atoms with Gasteiger partial charge in [0.05, 0.1) is 11.0 Å². The second kappa shape index (κ2) is 7.76. The van der Waals surface area contributed by atoms with Gasteiger partial charge in [-0.25, -0.2) is 9.98 Å². The Morgan fingerprint density at radius 2 is 2.08 bits per heavy atom. The Bertz CT molecular complexity index is 861. The van der Waals surface area contributed by atoms with Crippen LogP contribution in [0.4, 0.5) is 0 Å². The van der Waals surface area contributed by atoms with Crippen molar-refractivity contribution in [3.8, 4) is 0 Å². The molecule has 1 fully saturated rings. The van der Waals surface area contributed by atoms with Gasteiger partial charge in [0.25, 0.3) is 5.56 Å². The van der Waals surface area contributed by atoms with Gasteiger partial charge < -0.3 is 15.6 Å². The van der Waals surface area contributed by atoms with Gasteiger partial charge in [-0.1, -0.05) is 18.7 Å². The molecule has 0 unspecified atom stereocenters. The van der Waals surface area contributed by atoms with Crippen LogP contribution in [0.15, 0.2) is 58.7 Å². The maximum absolute atomic E-state index is 12.2. The Morgan fingerprint density at radius 3 is 2.84 bits per heavy atom. The molecule has 0 bridgehead atoms. The summed E-state index contributed by atoms with van der Waals surface area (Å²) in [4.78, 5) is 28.2. The van der Waals surface area contributed by atoms with Crippen LogP contribution in [0.1, 0.15) is 5.69 Å². The number of aromatic nitrogens is 2. The summed E-state index contributed by atoms with van der Waals surface area (Å²) < 4.78 is 0. The molecule has 3 rings (SSSR count). The zero-order valence-corrected chi connectivity index (χ0v) is 14.1. The number of rotatable bonds is 5. The Hall–Kier alpha value is -2.93. The summed E-state index contributed by atoms with van der Waals surface area (Å²) in [6.07, 6.45) is 4.73. The number of aliphatic imine (C=N–C) groups is 1. The number of aromatic amines is 1. The van der Waals surface area contributed by atoms with E-state index in [0.29, 0.717) is 12.2 Å². The molecule has 2 heterocycles. The minimum absolute atomic E-state index is 0.122. The third-order valence-corrected chi connectivity index (χ3v) is 4.20.